The van der Waals surface area contributed by atoms with Crippen molar-refractivity contribution in [3.05, 3.63) is 17.0 Å². The molecule has 1 N–H and O–H groups in total. The Morgan fingerprint density at radius 3 is 2.65 bits per heavy atom. The minimum absolute atomic E-state index is 0.0570. The first kappa shape index (κ1) is 19.8. The molecule has 2 aliphatic rings. The highest BCUT2D eigenvalue weighted by molar-refractivity contribution is 7.91. The molecule has 0 bridgehead atoms. The van der Waals surface area contributed by atoms with Crippen LogP contribution in [0.25, 0.3) is 0 Å². The first-order chi connectivity index (χ1) is 12.6. The van der Waals surface area contributed by atoms with Crippen molar-refractivity contribution in [3.8, 4) is 0 Å². The molecule has 1 aromatic heterocycles. The Balaban J connectivity index is 1.46. The van der Waals surface area contributed by atoms with Crippen molar-refractivity contribution < 1.29 is 17.9 Å². The van der Waals surface area contributed by atoms with Gasteiger partial charge in [-0.3, -0.25) is 4.79 Å². The molecule has 2 fully saturated rings. The zero-order chi connectivity index (χ0) is 18.4. The lowest BCUT2D eigenvalue weighted by Gasteiger charge is -2.25. The SMILES string of the molecule is O=C(CCC1CCCCC1)NCc1ccc(S(=O)(=O)N2CCOCC2)s1. The Bertz CT molecular complexity index is 690. The van der Waals surface area contributed by atoms with E-state index in [4.69, 9.17) is 4.74 Å². The van der Waals surface area contributed by atoms with E-state index >= 15 is 0 Å². The van der Waals surface area contributed by atoms with Crippen LogP contribution in [-0.4, -0.2) is 44.9 Å². The second-order valence-electron chi connectivity index (χ2n) is 7.06. The van der Waals surface area contributed by atoms with Crippen LogP contribution in [0.5, 0.6) is 0 Å². The van der Waals surface area contributed by atoms with E-state index in [0.717, 1.165) is 11.3 Å². The molecule has 1 amide bonds. The van der Waals surface area contributed by atoms with Crippen LogP contribution < -0.4 is 5.32 Å². The molecule has 1 saturated carbocycles. The quantitative estimate of drug-likeness (QED) is 0.764. The standard InChI is InChI=1S/C18H28N2O4S2/c21-17(8-6-15-4-2-1-3-5-15)19-14-16-7-9-18(25-16)26(22,23)20-10-12-24-13-11-20/h7,9,15H,1-6,8,10-14H2,(H,19,21). The third-order valence-electron chi connectivity index (χ3n) is 5.17. The summed E-state index contributed by atoms with van der Waals surface area (Å²) in [6.45, 7) is 2.07. The lowest BCUT2D eigenvalue weighted by atomic mass is 9.86. The molecule has 1 aliphatic carbocycles. The van der Waals surface area contributed by atoms with Crippen LogP contribution in [0, 0.1) is 5.92 Å². The molecule has 0 spiro atoms. The average molecular weight is 401 g/mol. The predicted molar refractivity (Wildman–Crippen MR) is 102 cm³/mol. The van der Waals surface area contributed by atoms with E-state index in [0.29, 0.717) is 49.4 Å². The monoisotopic (exact) mass is 400 g/mol. The van der Waals surface area contributed by atoms with Gasteiger partial charge in [-0.25, -0.2) is 8.42 Å². The normalized spacial score (nSPS) is 20.2. The van der Waals surface area contributed by atoms with Crippen molar-refractivity contribution in [2.45, 2.75) is 55.7 Å². The molecule has 8 heteroatoms. The summed E-state index contributed by atoms with van der Waals surface area (Å²) in [7, 11) is -3.45. The molecule has 0 aromatic carbocycles. The number of hydrogen-bond donors (Lipinski definition) is 1. The van der Waals surface area contributed by atoms with Crippen LogP contribution >= 0.6 is 11.3 Å². The van der Waals surface area contributed by atoms with Crippen LogP contribution in [0.3, 0.4) is 0 Å². The van der Waals surface area contributed by atoms with Gasteiger partial charge < -0.3 is 10.1 Å². The number of carbonyl (C=O) groups excluding carboxylic acids is 1. The van der Waals surface area contributed by atoms with Crippen LogP contribution in [0.1, 0.15) is 49.8 Å². The van der Waals surface area contributed by atoms with Crippen LogP contribution in [0.15, 0.2) is 16.3 Å². The van der Waals surface area contributed by atoms with E-state index < -0.39 is 10.0 Å². The molecule has 3 rings (SSSR count). The largest absolute Gasteiger partial charge is 0.379 e. The van der Waals surface area contributed by atoms with Crippen molar-refractivity contribution in [2.75, 3.05) is 26.3 Å². The third-order valence-corrected chi connectivity index (χ3v) is 8.62. The topological polar surface area (TPSA) is 75.7 Å². The summed E-state index contributed by atoms with van der Waals surface area (Å²) >= 11 is 1.24. The number of ether oxygens (including phenoxy) is 1. The van der Waals surface area contributed by atoms with Gasteiger partial charge in [0.05, 0.1) is 19.8 Å². The maximum atomic E-state index is 12.6. The Labute approximate surface area is 160 Å². The highest BCUT2D eigenvalue weighted by atomic mass is 32.2. The maximum Gasteiger partial charge on any atom is 0.252 e. The number of amides is 1. The summed E-state index contributed by atoms with van der Waals surface area (Å²) in [6.07, 6.45) is 7.95. The number of morpholine rings is 1. The van der Waals surface area contributed by atoms with E-state index in [1.54, 1.807) is 12.1 Å². The molecule has 6 nitrogen and oxygen atoms in total. The zero-order valence-electron chi connectivity index (χ0n) is 15.1. The second-order valence-corrected chi connectivity index (χ2v) is 10.4. The molecule has 1 aromatic rings. The molecule has 0 radical (unpaired) electrons. The maximum absolute atomic E-state index is 12.6. The Kier molecular flexibility index (Phi) is 7.08. The van der Waals surface area contributed by atoms with Gasteiger partial charge in [0.1, 0.15) is 4.21 Å². The number of hydrogen-bond acceptors (Lipinski definition) is 5. The molecule has 146 valence electrons. The molecule has 26 heavy (non-hydrogen) atoms. The molecule has 1 saturated heterocycles. The number of nitrogens with zero attached hydrogens (tertiary/aromatic N) is 1. The highest BCUT2D eigenvalue weighted by Crippen LogP contribution is 2.28. The molecule has 1 aliphatic heterocycles. The highest BCUT2D eigenvalue weighted by Gasteiger charge is 2.27. The summed E-state index contributed by atoms with van der Waals surface area (Å²) in [6, 6.07) is 3.43. The van der Waals surface area contributed by atoms with Gasteiger partial charge in [0.25, 0.3) is 10.0 Å². The molecule has 2 heterocycles. The summed E-state index contributed by atoms with van der Waals surface area (Å²) in [5, 5.41) is 2.93. The summed E-state index contributed by atoms with van der Waals surface area (Å²) in [4.78, 5) is 12.9. The lowest BCUT2D eigenvalue weighted by Crippen LogP contribution is -2.40. The van der Waals surface area contributed by atoms with Crippen molar-refractivity contribution in [1.29, 1.82) is 0 Å². The van der Waals surface area contributed by atoms with E-state index in [-0.39, 0.29) is 5.91 Å². The minimum atomic E-state index is -3.45. The van der Waals surface area contributed by atoms with Gasteiger partial charge in [-0.05, 0) is 24.5 Å². The van der Waals surface area contributed by atoms with Crippen molar-refractivity contribution in [1.82, 2.24) is 9.62 Å². The van der Waals surface area contributed by atoms with Crippen molar-refractivity contribution in [3.63, 3.8) is 0 Å². The summed E-state index contributed by atoms with van der Waals surface area (Å²) in [5.41, 5.74) is 0. The molecular formula is C18H28N2O4S2. The van der Waals surface area contributed by atoms with E-state index in [2.05, 4.69) is 5.32 Å². The molecular weight excluding hydrogens is 372 g/mol. The van der Waals surface area contributed by atoms with Gasteiger partial charge in [-0.15, -0.1) is 11.3 Å². The number of sulfonamides is 1. The van der Waals surface area contributed by atoms with Crippen LogP contribution in [0.4, 0.5) is 0 Å². The van der Waals surface area contributed by atoms with Gasteiger partial charge >= 0.3 is 0 Å². The Morgan fingerprint density at radius 2 is 1.92 bits per heavy atom. The summed E-state index contributed by atoms with van der Waals surface area (Å²) in [5.74, 6) is 0.753. The average Bonchev–Trinajstić information content (AvgIpc) is 3.16. The minimum Gasteiger partial charge on any atom is -0.379 e. The van der Waals surface area contributed by atoms with Gasteiger partial charge in [0, 0.05) is 24.4 Å². The third kappa shape index (κ3) is 5.28. The smallest absolute Gasteiger partial charge is 0.252 e. The number of rotatable bonds is 7. The zero-order valence-corrected chi connectivity index (χ0v) is 16.7. The van der Waals surface area contributed by atoms with Gasteiger partial charge in [0.2, 0.25) is 5.91 Å². The number of thiophene rings is 1. The van der Waals surface area contributed by atoms with Crippen LogP contribution in [-0.2, 0) is 26.1 Å². The fourth-order valence-corrected chi connectivity index (χ4v) is 6.45. The van der Waals surface area contributed by atoms with E-state index in [9.17, 15) is 13.2 Å². The van der Waals surface area contributed by atoms with E-state index in [1.807, 2.05) is 0 Å². The lowest BCUT2D eigenvalue weighted by molar-refractivity contribution is -0.121. The van der Waals surface area contributed by atoms with Crippen molar-refractivity contribution in [2.24, 2.45) is 5.92 Å². The van der Waals surface area contributed by atoms with Gasteiger partial charge in [-0.1, -0.05) is 32.1 Å². The van der Waals surface area contributed by atoms with Crippen LogP contribution in [0.2, 0.25) is 0 Å². The Morgan fingerprint density at radius 1 is 1.19 bits per heavy atom. The number of carbonyl (C=O) groups is 1. The fourth-order valence-electron chi connectivity index (χ4n) is 3.59. The summed E-state index contributed by atoms with van der Waals surface area (Å²) < 4.78 is 32.2. The van der Waals surface area contributed by atoms with E-state index in [1.165, 1.54) is 47.7 Å². The van der Waals surface area contributed by atoms with Crippen molar-refractivity contribution >= 4 is 27.3 Å². The molecule has 0 unspecified atom stereocenters. The Hall–Kier alpha value is -0.960. The number of nitrogens with one attached hydrogen (secondary N) is 1. The molecule has 0 atom stereocenters. The first-order valence-electron chi connectivity index (χ1n) is 9.49. The fraction of sp³-hybridized carbons (Fsp3) is 0.722. The van der Waals surface area contributed by atoms with Gasteiger partial charge in [-0.2, -0.15) is 4.31 Å². The predicted octanol–water partition coefficient (Wildman–Crippen LogP) is 2.75. The second kappa shape index (κ2) is 9.30. The van der Waals surface area contributed by atoms with Gasteiger partial charge in [0.15, 0.2) is 0 Å². The first-order valence-corrected chi connectivity index (χ1v) is 11.7.